The number of rotatable bonds is 7. The number of carbonyl (C=O) groups is 1. The lowest BCUT2D eigenvalue weighted by Crippen LogP contribution is -2.42. The second-order valence-corrected chi connectivity index (χ2v) is 10.2. The highest BCUT2D eigenvalue weighted by atomic mass is 32.2. The van der Waals surface area contributed by atoms with E-state index in [1.165, 1.54) is 21.0 Å². The van der Waals surface area contributed by atoms with Crippen LogP contribution in [-0.4, -0.2) is 76.0 Å². The van der Waals surface area contributed by atoms with Crippen molar-refractivity contribution in [1.82, 2.24) is 28.4 Å². The number of carbonyl (C=O) groups excluding carboxylic acids is 1. The molecule has 11 nitrogen and oxygen atoms in total. The Morgan fingerprint density at radius 2 is 2.06 bits per heavy atom. The third-order valence-electron chi connectivity index (χ3n) is 5.37. The minimum Gasteiger partial charge on any atom is -0.472 e. The summed E-state index contributed by atoms with van der Waals surface area (Å²) in [6, 6.07) is 1.42. The molecule has 32 heavy (non-hydrogen) atoms. The van der Waals surface area contributed by atoms with Crippen LogP contribution in [0.3, 0.4) is 0 Å². The second-order valence-electron chi connectivity index (χ2n) is 8.22. The van der Waals surface area contributed by atoms with Crippen molar-refractivity contribution in [3.8, 4) is 5.88 Å². The molecule has 1 aliphatic rings. The highest BCUT2D eigenvalue weighted by Gasteiger charge is 2.30. The lowest BCUT2D eigenvalue weighted by atomic mass is 10.0. The molecule has 0 saturated carbocycles. The molecule has 1 fully saturated rings. The van der Waals surface area contributed by atoms with E-state index >= 15 is 0 Å². The van der Waals surface area contributed by atoms with Gasteiger partial charge in [-0.1, -0.05) is 0 Å². The van der Waals surface area contributed by atoms with Crippen LogP contribution in [-0.2, 0) is 15.0 Å². The molecule has 2 aromatic heterocycles. The summed E-state index contributed by atoms with van der Waals surface area (Å²) >= 11 is 0. The number of ether oxygens (including phenoxy) is 1. The average Bonchev–Trinajstić information content (AvgIpc) is 3.13. The number of amides is 1. The van der Waals surface area contributed by atoms with E-state index in [2.05, 4.69) is 25.3 Å². The largest absolute Gasteiger partial charge is 0.472 e. The fourth-order valence-corrected chi connectivity index (χ4v) is 4.50. The van der Waals surface area contributed by atoms with E-state index in [1.54, 1.807) is 12.3 Å². The lowest BCUT2D eigenvalue weighted by Gasteiger charge is -2.36. The quantitative estimate of drug-likeness (QED) is 0.653. The molecule has 0 aliphatic carbocycles. The van der Waals surface area contributed by atoms with Gasteiger partial charge >= 0.3 is 10.2 Å². The summed E-state index contributed by atoms with van der Waals surface area (Å²) < 4.78 is 33.4. The number of piperidine rings is 1. The van der Waals surface area contributed by atoms with Crippen LogP contribution in [0, 0.1) is 13.8 Å². The normalized spacial score (nSPS) is 18.5. The van der Waals surface area contributed by atoms with Crippen molar-refractivity contribution in [2.24, 2.45) is 0 Å². The molecule has 0 radical (unpaired) electrons. The summed E-state index contributed by atoms with van der Waals surface area (Å²) in [6.45, 7) is 8.51. The highest BCUT2D eigenvalue weighted by Crippen LogP contribution is 2.28. The van der Waals surface area contributed by atoms with E-state index in [-0.39, 0.29) is 23.9 Å². The summed E-state index contributed by atoms with van der Waals surface area (Å²) in [5.41, 5.74) is 2.14. The summed E-state index contributed by atoms with van der Waals surface area (Å²) in [5, 5.41) is 6.89. The van der Waals surface area contributed by atoms with E-state index in [9.17, 15) is 13.2 Å². The molecule has 176 valence electrons. The summed E-state index contributed by atoms with van der Waals surface area (Å²) in [6.07, 6.45) is 3.43. The van der Waals surface area contributed by atoms with Crippen LogP contribution in [0.1, 0.15) is 49.8 Å². The zero-order valence-electron chi connectivity index (χ0n) is 19.4. The van der Waals surface area contributed by atoms with Crippen molar-refractivity contribution in [2.45, 2.75) is 52.7 Å². The minimum atomic E-state index is -3.89. The molecule has 3 heterocycles. The molecule has 1 amide bonds. The van der Waals surface area contributed by atoms with Crippen molar-refractivity contribution >= 4 is 21.9 Å². The maximum Gasteiger partial charge on any atom is 0.324 e. The minimum absolute atomic E-state index is 0.0654. The Morgan fingerprint density at radius 1 is 1.34 bits per heavy atom. The van der Waals surface area contributed by atoms with E-state index < -0.39 is 10.2 Å². The first kappa shape index (κ1) is 24.1. The molecule has 0 aromatic carbocycles. The Morgan fingerprint density at radius 3 is 2.69 bits per heavy atom. The first-order chi connectivity index (χ1) is 15.0. The third-order valence-corrected chi connectivity index (χ3v) is 7.01. The van der Waals surface area contributed by atoms with Crippen LogP contribution in [0.15, 0.2) is 12.3 Å². The van der Waals surface area contributed by atoms with Crippen molar-refractivity contribution in [3.63, 3.8) is 0 Å². The molecular weight excluding hydrogens is 434 g/mol. The Kier molecular flexibility index (Phi) is 7.16. The Balaban J connectivity index is 1.81. The summed E-state index contributed by atoms with van der Waals surface area (Å²) in [4.78, 5) is 22.6. The predicted molar refractivity (Wildman–Crippen MR) is 120 cm³/mol. The van der Waals surface area contributed by atoms with Crippen molar-refractivity contribution in [1.29, 1.82) is 0 Å². The van der Waals surface area contributed by atoms with Crippen LogP contribution in [0.4, 0.5) is 5.82 Å². The van der Waals surface area contributed by atoms with Crippen LogP contribution in [0.25, 0.3) is 0 Å². The van der Waals surface area contributed by atoms with E-state index in [4.69, 9.17) is 4.74 Å². The van der Waals surface area contributed by atoms with Crippen LogP contribution in [0.2, 0.25) is 0 Å². The first-order valence-corrected chi connectivity index (χ1v) is 11.9. The average molecular weight is 466 g/mol. The standard InChI is InChI=1S/C20H31N7O4S/c1-13-11-21-20(14(2)22-13)31-17-8-7-9-26(12-17)15(3)18-10-19(23-16(4)28)27(24-18)32(29,30)25(5)6/h10-11,15,17H,7-9,12H2,1-6H3,(H,23,28). The van der Waals surface area contributed by atoms with E-state index in [1.807, 2.05) is 20.8 Å². The van der Waals surface area contributed by atoms with Gasteiger partial charge in [-0.15, -0.1) is 4.09 Å². The van der Waals surface area contributed by atoms with Gasteiger partial charge in [0, 0.05) is 33.6 Å². The van der Waals surface area contributed by atoms with Gasteiger partial charge in [0.05, 0.1) is 29.3 Å². The number of anilines is 1. The fraction of sp³-hybridized carbons (Fsp3) is 0.600. The van der Waals surface area contributed by atoms with Crippen molar-refractivity contribution in [2.75, 3.05) is 32.5 Å². The SMILES string of the molecule is CC(=O)Nc1cc(C(C)N2CCCC(Oc3ncc(C)nc3C)C2)nn1S(=O)(=O)N(C)C. The lowest BCUT2D eigenvalue weighted by molar-refractivity contribution is -0.114. The number of likely N-dealkylation sites (tertiary alicyclic amines) is 1. The van der Waals surface area contributed by atoms with Gasteiger partial charge in [-0.2, -0.15) is 17.8 Å². The molecule has 1 saturated heterocycles. The molecular formula is C20H31N7O4S. The fourth-order valence-electron chi connectivity index (χ4n) is 3.64. The van der Waals surface area contributed by atoms with Gasteiger partial charge in [0.25, 0.3) is 0 Å². The summed E-state index contributed by atoms with van der Waals surface area (Å²) in [7, 11) is -1.06. The predicted octanol–water partition coefficient (Wildman–Crippen LogP) is 1.51. The maximum atomic E-state index is 12.7. The maximum absolute atomic E-state index is 12.7. The van der Waals surface area contributed by atoms with Crippen molar-refractivity contribution in [3.05, 3.63) is 29.3 Å². The Hall–Kier alpha value is -2.57. The van der Waals surface area contributed by atoms with Gasteiger partial charge in [-0.25, -0.2) is 4.98 Å². The molecule has 2 aromatic rings. The number of nitrogens with one attached hydrogen (secondary N) is 1. The topological polar surface area (TPSA) is 123 Å². The van der Waals surface area contributed by atoms with Gasteiger partial charge in [0.1, 0.15) is 11.9 Å². The van der Waals surface area contributed by atoms with Gasteiger partial charge in [-0.3, -0.25) is 14.7 Å². The smallest absolute Gasteiger partial charge is 0.324 e. The number of hydrogen-bond acceptors (Lipinski definition) is 8. The van der Waals surface area contributed by atoms with E-state index in [0.29, 0.717) is 18.1 Å². The van der Waals surface area contributed by atoms with Gasteiger partial charge in [0.15, 0.2) is 0 Å². The molecule has 0 bridgehead atoms. The van der Waals surface area contributed by atoms with Crippen LogP contribution >= 0.6 is 0 Å². The molecule has 2 atom stereocenters. The third kappa shape index (κ3) is 5.25. The highest BCUT2D eigenvalue weighted by molar-refractivity contribution is 7.87. The zero-order chi connectivity index (χ0) is 23.6. The molecule has 1 N–H and O–H groups in total. The van der Waals surface area contributed by atoms with Gasteiger partial charge < -0.3 is 10.1 Å². The molecule has 3 rings (SSSR count). The summed E-state index contributed by atoms with van der Waals surface area (Å²) in [5.74, 6) is 0.271. The van der Waals surface area contributed by atoms with Gasteiger partial charge in [0.2, 0.25) is 11.8 Å². The Bertz CT molecular complexity index is 1080. The molecule has 12 heteroatoms. The number of hydrogen-bond donors (Lipinski definition) is 1. The number of aromatic nitrogens is 4. The van der Waals surface area contributed by atoms with Crippen molar-refractivity contribution < 1.29 is 17.9 Å². The monoisotopic (exact) mass is 465 g/mol. The van der Waals surface area contributed by atoms with Crippen LogP contribution < -0.4 is 10.1 Å². The Labute approximate surface area is 189 Å². The molecule has 2 unspecified atom stereocenters. The molecule has 0 spiro atoms. The zero-order valence-corrected chi connectivity index (χ0v) is 20.2. The van der Waals surface area contributed by atoms with Gasteiger partial charge in [-0.05, 0) is 40.2 Å². The molecule has 1 aliphatic heterocycles. The van der Waals surface area contributed by atoms with E-state index in [0.717, 1.165) is 39.2 Å². The second kappa shape index (κ2) is 9.51. The number of nitrogens with zero attached hydrogens (tertiary/aromatic N) is 6. The number of aryl methyl sites for hydroxylation is 2. The first-order valence-electron chi connectivity index (χ1n) is 10.5. The van der Waals surface area contributed by atoms with Crippen LogP contribution in [0.5, 0.6) is 5.88 Å².